The summed E-state index contributed by atoms with van der Waals surface area (Å²) in [6.45, 7) is 0.680. The minimum absolute atomic E-state index is 0.669. The lowest BCUT2D eigenvalue weighted by Crippen LogP contribution is -2.33. The van der Waals surface area contributed by atoms with E-state index in [0.717, 1.165) is 33.1 Å². The molecule has 1 aromatic heterocycles. The summed E-state index contributed by atoms with van der Waals surface area (Å²) < 4.78 is 12.8. The van der Waals surface area contributed by atoms with Gasteiger partial charge in [-0.15, -0.1) is 0 Å². The Hall–Kier alpha value is -3.31. The number of aliphatic imine (C=N–C) groups is 1. The van der Waals surface area contributed by atoms with E-state index in [4.69, 9.17) is 26.1 Å². The van der Waals surface area contributed by atoms with Crippen LogP contribution < -0.4 is 14.0 Å². The van der Waals surface area contributed by atoms with Gasteiger partial charge in [-0.3, -0.25) is 0 Å². The molecule has 0 spiro atoms. The molecule has 0 atom stereocenters. The van der Waals surface area contributed by atoms with Crippen molar-refractivity contribution in [2.75, 3.05) is 14.2 Å². The molecule has 0 unspecified atom stereocenters. The van der Waals surface area contributed by atoms with E-state index in [1.165, 1.54) is 0 Å². The molecule has 0 amide bonds. The zero-order valence-corrected chi connectivity index (χ0v) is 17.0. The van der Waals surface area contributed by atoms with Gasteiger partial charge in [0.05, 0.1) is 20.8 Å². The Bertz CT molecular complexity index is 1170. The second kappa shape index (κ2) is 8.37. The highest BCUT2D eigenvalue weighted by Gasteiger charge is 2.17. The molecular formula is C23H21ClN3O2+. The molecule has 0 saturated carbocycles. The number of fused-ring (bicyclic) bond motifs is 1. The van der Waals surface area contributed by atoms with Crippen LogP contribution in [0.3, 0.4) is 0 Å². The maximum atomic E-state index is 6.03. The van der Waals surface area contributed by atoms with Gasteiger partial charge in [0.25, 0.3) is 0 Å². The number of hydrogen-bond acceptors (Lipinski definition) is 3. The molecule has 4 aromatic rings. The van der Waals surface area contributed by atoms with E-state index in [1.54, 1.807) is 14.2 Å². The van der Waals surface area contributed by atoms with Gasteiger partial charge in [0.15, 0.2) is 11.5 Å². The molecule has 0 radical (unpaired) electrons. The van der Waals surface area contributed by atoms with Crippen LogP contribution >= 0.6 is 11.6 Å². The van der Waals surface area contributed by atoms with Crippen molar-refractivity contribution in [1.29, 1.82) is 0 Å². The average Bonchev–Trinajstić information content (AvgIpc) is 3.11. The molecule has 29 heavy (non-hydrogen) atoms. The Balaban J connectivity index is 1.71. The second-order valence-corrected chi connectivity index (χ2v) is 6.99. The van der Waals surface area contributed by atoms with E-state index in [2.05, 4.69) is 15.6 Å². The van der Waals surface area contributed by atoms with Crippen molar-refractivity contribution >= 4 is 34.8 Å². The summed E-state index contributed by atoms with van der Waals surface area (Å²) in [6, 6.07) is 21.7. The van der Waals surface area contributed by atoms with Crippen LogP contribution in [-0.4, -0.2) is 25.4 Å². The number of aromatic nitrogens is 2. The molecule has 0 aliphatic heterocycles. The third kappa shape index (κ3) is 4.10. The molecule has 0 bridgehead atoms. The number of halogens is 1. The number of benzene rings is 3. The molecule has 1 N–H and O–H groups in total. The number of nitrogens with one attached hydrogen (secondary N) is 1. The van der Waals surface area contributed by atoms with Gasteiger partial charge in [0, 0.05) is 10.6 Å². The molecule has 3 aromatic carbocycles. The number of ether oxygens (including phenoxy) is 2. The number of nitrogens with zero attached hydrogens (tertiary/aromatic N) is 2. The first-order valence-corrected chi connectivity index (χ1v) is 9.57. The average molecular weight is 407 g/mol. The lowest BCUT2D eigenvalue weighted by molar-refractivity contribution is -0.648. The molecule has 146 valence electrons. The molecule has 0 saturated heterocycles. The first kappa shape index (κ1) is 19.0. The topological polar surface area (TPSA) is 50.5 Å². The minimum atomic E-state index is 0.669. The van der Waals surface area contributed by atoms with Crippen LogP contribution in [-0.2, 0) is 6.54 Å². The van der Waals surface area contributed by atoms with Crippen molar-refractivity contribution in [2.45, 2.75) is 6.54 Å². The maximum absolute atomic E-state index is 6.03. The molecule has 6 heteroatoms. The van der Waals surface area contributed by atoms with Gasteiger partial charge in [-0.25, -0.2) is 9.55 Å². The molecule has 4 rings (SSSR count). The van der Waals surface area contributed by atoms with Crippen LogP contribution in [0.15, 0.2) is 71.7 Å². The number of rotatable bonds is 6. The van der Waals surface area contributed by atoms with Gasteiger partial charge >= 0.3 is 5.95 Å². The van der Waals surface area contributed by atoms with Gasteiger partial charge in [-0.05, 0) is 48.0 Å². The molecule has 5 nitrogen and oxygen atoms in total. The highest BCUT2D eigenvalue weighted by molar-refractivity contribution is 6.30. The summed E-state index contributed by atoms with van der Waals surface area (Å²) in [7, 11) is 3.24. The van der Waals surface area contributed by atoms with Crippen molar-refractivity contribution in [1.82, 2.24) is 4.98 Å². The van der Waals surface area contributed by atoms with Crippen LogP contribution in [0.1, 0.15) is 11.1 Å². The van der Waals surface area contributed by atoms with E-state index in [-0.39, 0.29) is 0 Å². The van der Waals surface area contributed by atoms with E-state index in [1.807, 2.05) is 66.9 Å². The molecule has 0 aliphatic carbocycles. The first-order chi connectivity index (χ1) is 14.2. The van der Waals surface area contributed by atoms with Crippen molar-refractivity contribution in [3.05, 3.63) is 82.9 Å². The number of hydrogen-bond donors (Lipinski definition) is 1. The van der Waals surface area contributed by atoms with Crippen molar-refractivity contribution < 1.29 is 14.0 Å². The molecule has 0 aliphatic rings. The fourth-order valence-electron chi connectivity index (χ4n) is 3.22. The van der Waals surface area contributed by atoms with Crippen molar-refractivity contribution in [2.24, 2.45) is 4.99 Å². The highest BCUT2D eigenvalue weighted by atomic mass is 35.5. The van der Waals surface area contributed by atoms with Gasteiger partial charge in [0.1, 0.15) is 17.2 Å². The van der Waals surface area contributed by atoms with Crippen molar-refractivity contribution in [3.63, 3.8) is 0 Å². The normalized spacial score (nSPS) is 11.3. The third-order valence-corrected chi connectivity index (χ3v) is 4.95. The lowest BCUT2D eigenvalue weighted by atomic mass is 10.2. The van der Waals surface area contributed by atoms with E-state index >= 15 is 0 Å². The zero-order chi connectivity index (χ0) is 20.2. The van der Waals surface area contributed by atoms with E-state index in [0.29, 0.717) is 18.0 Å². The standard InChI is InChI=1S/C23H20ClN3O2/c1-28-21-12-9-17(13-22(21)29-2)14-25-23-26-19-5-3-4-6-20(19)27(23)15-16-7-10-18(24)11-8-16/h3-14H,15H2,1-2H3/p+1. The summed E-state index contributed by atoms with van der Waals surface area (Å²) in [5.41, 5.74) is 4.17. The van der Waals surface area contributed by atoms with E-state index in [9.17, 15) is 0 Å². The van der Waals surface area contributed by atoms with Gasteiger partial charge < -0.3 is 9.47 Å². The lowest BCUT2D eigenvalue weighted by Gasteiger charge is -2.06. The van der Waals surface area contributed by atoms with E-state index < -0.39 is 0 Å². The number of methoxy groups -OCH3 is 2. The van der Waals surface area contributed by atoms with Crippen molar-refractivity contribution in [3.8, 4) is 11.5 Å². The third-order valence-electron chi connectivity index (χ3n) is 4.69. The highest BCUT2D eigenvalue weighted by Crippen LogP contribution is 2.27. The predicted octanol–water partition coefficient (Wildman–Crippen LogP) is 4.92. The largest absolute Gasteiger partial charge is 0.493 e. The van der Waals surface area contributed by atoms with Crippen LogP contribution in [0.4, 0.5) is 5.95 Å². The monoisotopic (exact) mass is 406 g/mol. The summed E-state index contributed by atoms with van der Waals surface area (Å²) in [5, 5.41) is 0.726. The quantitative estimate of drug-likeness (QED) is 0.365. The summed E-state index contributed by atoms with van der Waals surface area (Å²) in [6.07, 6.45) is 1.81. The minimum Gasteiger partial charge on any atom is -0.493 e. The van der Waals surface area contributed by atoms with Crippen LogP contribution in [0.5, 0.6) is 11.5 Å². The number of aromatic amines is 1. The smallest absolute Gasteiger partial charge is 0.397 e. The van der Waals surface area contributed by atoms with Gasteiger partial charge in [-0.1, -0.05) is 40.9 Å². The molecule has 1 heterocycles. The Morgan fingerprint density at radius 2 is 1.72 bits per heavy atom. The number of imidazole rings is 1. The second-order valence-electron chi connectivity index (χ2n) is 6.55. The zero-order valence-electron chi connectivity index (χ0n) is 16.2. The van der Waals surface area contributed by atoms with Crippen LogP contribution in [0.2, 0.25) is 5.02 Å². The Morgan fingerprint density at radius 1 is 0.966 bits per heavy atom. The predicted molar refractivity (Wildman–Crippen MR) is 116 cm³/mol. The Morgan fingerprint density at radius 3 is 2.48 bits per heavy atom. The number of H-pyrrole nitrogens is 1. The molecular weight excluding hydrogens is 386 g/mol. The molecule has 0 fully saturated rings. The maximum Gasteiger partial charge on any atom is 0.397 e. The Kier molecular flexibility index (Phi) is 5.49. The summed E-state index contributed by atoms with van der Waals surface area (Å²) in [4.78, 5) is 8.12. The first-order valence-electron chi connectivity index (χ1n) is 9.19. The Labute approximate surface area is 174 Å². The fraction of sp³-hybridized carbons (Fsp3) is 0.130. The van der Waals surface area contributed by atoms with Crippen LogP contribution in [0, 0.1) is 0 Å². The fourth-order valence-corrected chi connectivity index (χ4v) is 3.35. The summed E-state index contributed by atoms with van der Waals surface area (Å²) >= 11 is 6.03. The summed E-state index contributed by atoms with van der Waals surface area (Å²) in [5.74, 6) is 2.12. The van der Waals surface area contributed by atoms with Crippen LogP contribution in [0.25, 0.3) is 11.0 Å². The van der Waals surface area contributed by atoms with Gasteiger partial charge in [0.2, 0.25) is 0 Å². The van der Waals surface area contributed by atoms with Gasteiger partial charge in [-0.2, -0.15) is 0 Å². The SMILES string of the molecule is COc1ccc(C=Nc2[nH]c3ccccc3[n+]2Cc2ccc(Cl)cc2)cc1OC. The number of para-hydroxylation sites is 2.